The number of benzene rings is 2. The van der Waals surface area contributed by atoms with Crippen LogP contribution in [0.1, 0.15) is 11.1 Å². The van der Waals surface area contributed by atoms with Crippen molar-refractivity contribution in [3.63, 3.8) is 0 Å². The minimum absolute atomic E-state index is 0. The van der Waals surface area contributed by atoms with Gasteiger partial charge < -0.3 is 17.0 Å². The van der Waals surface area contributed by atoms with Crippen LogP contribution in [0.2, 0.25) is 0 Å². The fraction of sp³-hybridized carbons (Fsp3) is 0.133. The zero-order valence-electron chi connectivity index (χ0n) is 11.9. The molecule has 0 unspecified atom stereocenters. The van der Waals surface area contributed by atoms with Crippen LogP contribution in [0.4, 0.5) is 17.1 Å². The van der Waals surface area contributed by atoms with Crippen molar-refractivity contribution in [3.05, 3.63) is 73.8 Å². The second kappa shape index (κ2) is 6.66. The molecule has 1 heterocycles. The van der Waals surface area contributed by atoms with E-state index in [-0.39, 0.29) is 28.4 Å². The van der Waals surface area contributed by atoms with Gasteiger partial charge in [0.1, 0.15) is 6.07 Å². The molecule has 1 aliphatic heterocycles. The Balaban J connectivity index is 0.00000192. The fourth-order valence-corrected chi connectivity index (χ4v) is 2.57. The number of nitrogens with zero attached hydrogens (tertiary/aromatic N) is 3. The summed E-state index contributed by atoms with van der Waals surface area (Å²) in [7, 11) is 0. The van der Waals surface area contributed by atoms with Gasteiger partial charge in [-0.05, 0) is 11.6 Å². The Morgan fingerprint density at radius 3 is 2.43 bits per heavy atom. The predicted octanol–water partition coefficient (Wildman–Crippen LogP) is -0.174. The Morgan fingerprint density at radius 1 is 1.00 bits per heavy atom. The monoisotopic (exact) mass is 377 g/mol. The summed E-state index contributed by atoms with van der Waals surface area (Å²) in [6.45, 7) is 0.593. The van der Waals surface area contributed by atoms with E-state index in [4.69, 9.17) is 0 Å². The highest BCUT2D eigenvalue weighted by molar-refractivity contribution is 5.80. The topological polar surface area (TPSA) is 89.3 Å². The molecule has 7 nitrogen and oxygen atoms in total. The number of halogens is 1. The molecule has 0 fully saturated rings. The Morgan fingerprint density at radius 2 is 1.74 bits per heavy atom. The molecule has 0 atom stereocenters. The molecule has 23 heavy (non-hydrogen) atoms. The van der Waals surface area contributed by atoms with Crippen molar-refractivity contribution in [2.45, 2.75) is 6.42 Å². The summed E-state index contributed by atoms with van der Waals surface area (Å²) in [5, 5.41) is 22.0. The smallest absolute Gasteiger partial charge is 0.346 e. The number of non-ortho nitro benzene ring substituents is 1. The van der Waals surface area contributed by atoms with Gasteiger partial charge in [-0.1, -0.05) is 18.2 Å². The molecule has 2 aromatic carbocycles. The lowest BCUT2D eigenvalue weighted by molar-refractivity contribution is -0.455. The van der Waals surface area contributed by atoms with E-state index in [0.29, 0.717) is 12.2 Å². The van der Waals surface area contributed by atoms with Crippen LogP contribution in [0.5, 0.6) is 0 Å². The Labute approximate surface area is 142 Å². The van der Waals surface area contributed by atoms with Gasteiger partial charge >= 0.3 is 5.69 Å². The van der Waals surface area contributed by atoms with Crippen LogP contribution in [0.3, 0.4) is 0 Å². The van der Waals surface area contributed by atoms with Crippen LogP contribution >= 0.6 is 0 Å². The van der Waals surface area contributed by atoms with Gasteiger partial charge in [0.25, 0.3) is 11.4 Å². The van der Waals surface area contributed by atoms with Crippen molar-refractivity contribution >= 4 is 23.3 Å². The molecule has 0 spiro atoms. The van der Waals surface area contributed by atoms with Crippen molar-refractivity contribution in [3.8, 4) is 0 Å². The molecule has 0 amide bonds. The molecule has 8 heteroatoms. The maximum atomic E-state index is 11.2. The SMILES string of the molecule is O=[N+]([O-])c1ccc([N+]2=Cc3ccccc3CC2)c([N+](=O)[O-])c1.[Br-]. The second-order valence-electron chi connectivity index (χ2n) is 4.96. The molecule has 0 aromatic heterocycles. The molecule has 1 aliphatic rings. The lowest BCUT2D eigenvalue weighted by atomic mass is 10.0. The van der Waals surface area contributed by atoms with Crippen LogP contribution in [-0.4, -0.2) is 27.2 Å². The molecular formula is C15H12BrN3O4. The van der Waals surface area contributed by atoms with Gasteiger partial charge in [0.2, 0.25) is 0 Å². The third-order valence-electron chi connectivity index (χ3n) is 3.65. The van der Waals surface area contributed by atoms with Crippen LogP contribution < -0.4 is 17.0 Å². The minimum atomic E-state index is -0.633. The Hall–Kier alpha value is -2.61. The highest BCUT2D eigenvalue weighted by Gasteiger charge is 2.29. The average molecular weight is 378 g/mol. The molecule has 0 radical (unpaired) electrons. The van der Waals surface area contributed by atoms with Gasteiger partial charge in [-0.3, -0.25) is 20.2 Å². The molecule has 0 bridgehead atoms. The molecule has 0 saturated carbocycles. The molecule has 118 valence electrons. The van der Waals surface area contributed by atoms with Gasteiger partial charge in [0, 0.05) is 24.1 Å². The summed E-state index contributed by atoms with van der Waals surface area (Å²) in [4.78, 5) is 20.8. The van der Waals surface area contributed by atoms with Gasteiger partial charge in [0.05, 0.1) is 9.85 Å². The van der Waals surface area contributed by atoms with E-state index < -0.39 is 9.85 Å². The van der Waals surface area contributed by atoms with Gasteiger partial charge in [0.15, 0.2) is 12.8 Å². The number of hydrogen-bond donors (Lipinski definition) is 0. The fourth-order valence-electron chi connectivity index (χ4n) is 2.57. The zero-order chi connectivity index (χ0) is 15.7. The van der Waals surface area contributed by atoms with E-state index in [1.807, 2.05) is 30.5 Å². The van der Waals surface area contributed by atoms with Crippen molar-refractivity contribution in [2.24, 2.45) is 0 Å². The zero-order valence-corrected chi connectivity index (χ0v) is 13.5. The van der Waals surface area contributed by atoms with E-state index in [1.165, 1.54) is 17.7 Å². The highest BCUT2D eigenvalue weighted by atomic mass is 79.9. The minimum Gasteiger partial charge on any atom is -1.00 e. The summed E-state index contributed by atoms with van der Waals surface area (Å²) in [5.74, 6) is 0. The largest absolute Gasteiger partial charge is 1.00 e. The quantitative estimate of drug-likeness (QED) is 0.421. The van der Waals surface area contributed by atoms with Crippen LogP contribution in [0.15, 0.2) is 42.5 Å². The molecule has 0 aliphatic carbocycles. The Bertz CT molecular complexity index is 820. The first-order chi connectivity index (χ1) is 10.6. The first kappa shape index (κ1) is 16.8. The molecule has 0 saturated heterocycles. The first-order valence-corrected chi connectivity index (χ1v) is 6.68. The number of nitro groups is 2. The highest BCUT2D eigenvalue weighted by Crippen LogP contribution is 2.32. The van der Waals surface area contributed by atoms with E-state index in [9.17, 15) is 20.2 Å². The van der Waals surface area contributed by atoms with E-state index >= 15 is 0 Å². The summed E-state index contributed by atoms with van der Waals surface area (Å²) in [5.41, 5.74) is 2.01. The van der Waals surface area contributed by atoms with Crippen LogP contribution in [0.25, 0.3) is 0 Å². The molecular weight excluding hydrogens is 366 g/mol. The Kier molecular flexibility index (Phi) is 4.85. The predicted molar refractivity (Wildman–Crippen MR) is 79.9 cm³/mol. The van der Waals surface area contributed by atoms with Crippen LogP contribution in [-0.2, 0) is 6.42 Å². The van der Waals surface area contributed by atoms with E-state index in [2.05, 4.69) is 0 Å². The normalized spacial score (nSPS) is 12.6. The maximum Gasteiger partial charge on any atom is 0.346 e. The number of hydrogen-bond acceptors (Lipinski definition) is 4. The number of nitro benzene ring substituents is 2. The standard InChI is InChI=1S/C15H12N3O4.BrH/c19-17(20)13-5-6-14(15(9-13)18(21)22)16-8-7-11-3-1-2-4-12(11)10-16;/h1-6,9-10H,7-8H2;1H/q+1;/p-1. The maximum absolute atomic E-state index is 11.2. The average Bonchev–Trinajstić information content (AvgIpc) is 2.53. The van der Waals surface area contributed by atoms with Gasteiger partial charge in [-0.2, -0.15) is 4.58 Å². The third-order valence-corrected chi connectivity index (χ3v) is 3.65. The number of fused-ring (bicyclic) bond motifs is 1. The van der Waals surface area contributed by atoms with E-state index in [0.717, 1.165) is 18.1 Å². The van der Waals surface area contributed by atoms with Crippen molar-refractivity contribution < 1.29 is 31.4 Å². The molecule has 0 N–H and O–H groups in total. The molecule has 2 aromatic rings. The first-order valence-electron chi connectivity index (χ1n) is 6.68. The van der Waals surface area contributed by atoms with E-state index in [1.54, 1.807) is 4.58 Å². The van der Waals surface area contributed by atoms with Gasteiger partial charge in [-0.15, -0.1) is 0 Å². The van der Waals surface area contributed by atoms with Crippen molar-refractivity contribution in [1.82, 2.24) is 0 Å². The summed E-state index contributed by atoms with van der Waals surface area (Å²) >= 11 is 0. The lowest BCUT2D eigenvalue weighted by Gasteiger charge is -2.11. The van der Waals surface area contributed by atoms with Crippen LogP contribution in [0, 0.1) is 20.2 Å². The lowest BCUT2D eigenvalue weighted by Crippen LogP contribution is -3.00. The second-order valence-corrected chi connectivity index (χ2v) is 4.96. The van der Waals surface area contributed by atoms with Gasteiger partial charge in [-0.25, -0.2) is 0 Å². The summed E-state index contributed by atoms with van der Waals surface area (Å²) in [6, 6.07) is 11.5. The molecule has 3 rings (SSSR count). The summed E-state index contributed by atoms with van der Waals surface area (Å²) in [6.07, 6.45) is 2.60. The third kappa shape index (κ3) is 3.26. The van der Waals surface area contributed by atoms with Crippen molar-refractivity contribution in [2.75, 3.05) is 6.54 Å². The van der Waals surface area contributed by atoms with Crippen molar-refractivity contribution in [1.29, 1.82) is 0 Å². The summed E-state index contributed by atoms with van der Waals surface area (Å²) < 4.78 is 1.77. The number of rotatable bonds is 3.